The quantitative estimate of drug-likeness (QED) is 0.570. The van der Waals surface area contributed by atoms with Crippen LogP contribution in [0.15, 0.2) is 47.4 Å². The zero-order valence-electron chi connectivity index (χ0n) is 18.3. The van der Waals surface area contributed by atoms with Gasteiger partial charge in [0.2, 0.25) is 0 Å². The predicted molar refractivity (Wildman–Crippen MR) is 118 cm³/mol. The third-order valence-electron chi connectivity index (χ3n) is 4.88. The number of carbonyl (C=O) groups excluding carboxylic acids is 2. The van der Waals surface area contributed by atoms with Crippen LogP contribution in [0.2, 0.25) is 0 Å². The molecule has 2 aromatic carbocycles. The van der Waals surface area contributed by atoms with Crippen LogP contribution in [0.5, 0.6) is 5.75 Å². The normalized spacial score (nSPS) is 13.1. The van der Waals surface area contributed by atoms with Gasteiger partial charge in [-0.1, -0.05) is 19.4 Å². The molecule has 1 amide bonds. The summed E-state index contributed by atoms with van der Waals surface area (Å²) in [6, 6.07) is 10.7. The van der Waals surface area contributed by atoms with E-state index < -0.39 is 27.4 Å². The molecular weight excluding hydrogens is 420 g/mol. The fourth-order valence-electron chi connectivity index (χ4n) is 3.14. The van der Waals surface area contributed by atoms with Crippen LogP contribution >= 0.6 is 0 Å². The van der Waals surface area contributed by atoms with Gasteiger partial charge in [0.15, 0.2) is 0 Å². The number of anilines is 1. The molecule has 8 nitrogen and oxygen atoms in total. The van der Waals surface area contributed by atoms with Gasteiger partial charge in [-0.2, -0.15) is 0 Å². The average Bonchev–Trinajstić information content (AvgIpc) is 2.73. The highest BCUT2D eigenvalue weighted by Crippen LogP contribution is 2.22. The first-order chi connectivity index (χ1) is 14.6. The van der Waals surface area contributed by atoms with Crippen LogP contribution < -0.4 is 14.8 Å². The van der Waals surface area contributed by atoms with Crippen molar-refractivity contribution in [1.82, 2.24) is 5.32 Å². The predicted octanol–water partition coefficient (Wildman–Crippen LogP) is 3.27. The van der Waals surface area contributed by atoms with Crippen LogP contribution in [-0.4, -0.2) is 40.1 Å². The number of hydrogen-bond acceptors (Lipinski definition) is 6. The number of rotatable bonds is 9. The lowest BCUT2D eigenvalue weighted by atomic mass is 9.95. The van der Waals surface area contributed by atoms with Crippen molar-refractivity contribution in [3.05, 3.63) is 53.6 Å². The van der Waals surface area contributed by atoms with Crippen molar-refractivity contribution in [1.29, 1.82) is 0 Å². The standard InChI is InChI=1S/C22H28N2O6S/c1-6-13-22(3,21(26)30-5)23-20(25)19-14-18(12-7-15(19)2)31(27,28)24-16-8-10-17(29-4)11-9-16/h7-12,14,24H,6,13H2,1-5H3,(H,23,25). The van der Waals surface area contributed by atoms with Crippen molar-refractivity contribution in [2.24, 2.45) is 0 Å². The van der Waals surface area contributed by atoms with E-state index in [1.807, 2.05) is 6.92 Å². The number of sulfonamides is 1. The van der Waals surface area contributed by atoms with Gasteiger partial charge in [-0.15, -0.1) is 0 Å². The molecular formula is C22H28N2O6S. The summed E-state index contributed by atoms with van der Waals surface area (Å²) in [5.41, 5.74) is -0.134. The Morgan fingerprint density at radius 1 is 1.06 bits per heavy atom. The highest BCUT2D eigenvalue weighted by molar-refractivity contribution is 7.92. The van der Waals surface area contributed by atoms with Gasteiger partial charge in [0.25, 0.3) is 15.9 Å². The second-order valence-electron chi connectivity index (χ2n) is 7.34. The summed E-state index contributed by atoms with van der Waals surface area (Å²) in [5.74, 6) is -0.524. The van der Waals surface area contributed by atoms with Crippen molar-refractivity contribution < 1.29 is 27.5 Å². The second-order valence-corrected chi connectivity index (χ2v) is 9.02. The lowest BCUT2D eigenvalue weighted by Gasteiger charge is -2.28. The van der Waals surface area contributed by atoms with Crippen molar-refractivity contribution in [3.8, 4) is 5.75 Å². The number of nitrogens with one attached hydrogen (secondary N) is 2. The Kier molecular flexibility index (Phi) is 7.67. The minimum Gasteiger partial charge on any atom is -0.497 e. The minimum absolute atomic E-state index is 0.0747. The fourth-order valence-corrected chi connectivity index (χ4v) is 4.23. The number of methoxy groups -OCH3 is 2. The van der Waals surface area contributed by atoms with E-state index in [1.54, 1.807) is 44.2 Å². The van der Waals surface area contributed by atoms with Gasteiger partial charge >= 0.3 is 5.97 Å². The van der Waals surface area contributed by atoms with E-state index in [0.29, 0.717) is 29.8 Å². The fraction of sp³-hybridized carbons (Fsp3) is 0.364. The van der Waals surface area contributed by atoms with Crippen molar-refractivity contribution in [2.75, 3.05) is 18.9 Å². The molecule has 0 aliphatic heterocycles. The molecule has 0 saturated heterocycles. The molecule has 0 heterocycles. The molecule has 9 heteroatoms. The van der Waals surface area contributed by atoms with Gasteiger partial charge < -0.3 is 14.8 Å². The molecule has 0 aliphatic rings. The van der Waals surface area contributed by atoms with Crippen LogP contribution in [-0.2, 0) is 19.6 Å². The van der Waals surface area contributed by atoms with Crippen molar-refractivity contribution >= 4 is 27.6 Å². The van der Waals surface area contributed by atoms with Gasteiger partial charge in [0.1, 0.15) is 11.3 Å². The molecule has 0 aromatic heterocycles. The van der Waals surface area contributed by atoms with Gasteiger partial charge in [-0.25, -0.2) is 13.2 Å². The summed E-state index contributed by atoms with van der Waals surface area (Å²) in [5, 5.41) is 2.70. The molecule has 0 aliphatic carbocycles. The van der Waals surface area contributed by atoms with Gasteiger partial charge in [-0.05, 0) is 62.2 Å². The van der Waals surface area contributed by atoms with Crippen LogP contribution in [0.3, 0.4) is 0 Å². The maximum Gasteiger partial charge on any atom is 0.331 e. The summed E-state index contributed by atoms with van der Waals surface area (Å²) in [7, 11) is -1.17. The summed E-state index contributed by atoms with van der Waals surface area (Å²) in [6.07, 6.45) is 1.02. The summed E-state index contributed by atoms with van der Waals surface area (Å²) >= 11 is 0. The number of hydrogen-bond donors (Lipinski definition) is 2. The molecule has 168 valence electrons. The monoisotopic (exact) mass is 448 g/mol. The number of amides is 1. The zero-order valence-corrected chi connectivity index (χ0v) is 19.1. The van der Waals surface area contributed by atoms with Crippen LogP contribution in [0.4, 0.5) is 5.69 Å². The van der Waals surface area contributed by atoms with Crippen LogP contribution in [0.25, 0.3) is 0 Å². The molecule has 1 atom stereocenters. The second kappa shape index (κ2) is 9.82. The number of benzene rings is 2. The van der Waals surface area contributed by atoms with E-state index in [9.17, 15) is 18.0 Å². The van der Waals surface area contributed by atoms with E-state index in [0.717, 1.165) is 0 Å². The Morgan fingerprint density at radius 3 is 2.26 bits per heavy atom. The molecule has 0 bridgehead atoms. The van der Waals surface area contributed by atoms with Gasteiger partial charge in [0.05, 0.1) is 19.1 Å². The Labute approximate surface area is 183 Å². The van der Waals surface area contributed by atoms with E-state index in [-0.39, 0.29) is 10.5 Å². The minimum atomic E-state index is -3.94. The first-order valence-electron chi connectivity index (χ1n) is 9.74. The molecule has 1 unspecified atom stereocenters. The van der Waals surface area contributed by atoms with Crippen LogP contribution in [0, 0.1) is 6.92 Å². The summed E-state index contributed by atoms with van der Waals surface area (Å²) in [6.45, 7) is 5.16. The first kappa shape index (κ1) is 24.2. The zero-order chi connectivity index (χ0) is 23.2. The lowest BCUT2D eigenvalue weighted by molar-refractivity contribution is -0.147. The SMILES string of the molecule is CCCC(C)(NC(=O)c1cc(S(=O)(=O)Nc2ccc(OC)cc2)ccc1C)C(=O)OC. The third-order valence-corrected chi connectivity index (χ3v) is 6.26. The Bertz CT molecular complexity index is 1050. The number of ether oxygens (including phenoxy) is 2. The van der Waals surface area contributed by atoms with Gasteiger partial charge in [-0.3, -0.25) is 9.52 Å². The molecule has 2 rings (SSSR count). The highest BCUT2D eigenvalue weighted by atomic mass is 32.2. The number of aryl methyl sites for hydroxylation is 1. The maximum absolute atomic E-state index is 12.9. The van der Waals surface area contributed by atoms with E-state index in [1.165, 1.54) is 26.4 Å². The van der Waals surface area contributed by atoms with Crippen LogP contribution in [0.1, 0.15) is 42.6 Å². The molecule has 0 spiro atoms. The number of carbonyl (C=O) groups is 2. The molecule has 0 fully saturated rings. The Balaban J connectivity index is 2.33. The summed E-state index contributed by atoms with van der Waals surface area (Å²) < 4.78 is 38.0. The number of esters is 1. The molecule has 0 radical (unpaired) electrons. The highest BCUT2D eigenvalue weighted by Gasteiger charge is 2.35. The summed E-state index contributed by atoms with van der Waals surface area (Å²) in [4.78, 5) is 25.1. The molecule has 0 saturated carbocycles. The molecule has 31 heavy (non-hydrogen) atoms. The topological polar surface area (TPSA) is 111 Å². The maximum atomic E-state index is 12.9. The van der Waals surface area contributed by atoms with E-state index in [4.69, 9.17) is 9.47 Å². The first-order valence-corrected chi connectivity index (χ1v) is 11.2. The molecule has 2 N–H and O–H groups in total. The third kappa shape index (κ3) is 5.75. The largest absolute Gasteiger partial charge is 0.497 e. The lowest BCUT2D eigenvalue weighted by Crippen LogP contribution is -2.52. The van der Waals surface area contributed by atoms with Crippen molar-refractivity contribution in [2.45, 2.75) is 44.0 Å². The average molecular weight is 449 g/mol. The Hall–Kier alpha value is -3.07. The Morgan fingerprint density at radius 2 is 1.71 bits per heavy atom. The van der Waals surface area contributed by atoms with E-state index >= 15 is 0 Å². The molecule has 2 aromatic rings. The smallest absolute Gasteiger partial charge is 0.331 e. The van der Waals surface area contributed by atoms with Gasteiger partial charge in [0, 0.05) is 11.3 Å². The van der Waals surface area contributed by atoms with Crippen molar-refractivity contribution in [3.63, 3.8) is 0 Å². The van der Waals surface area contributed by atoms with E-state index in [2.05, 4.69) is 10.0 Å².